The summed E-state index contributed by atoms with van der Waals surface area (Å²) >= 11 is 0. The molecular formula is C10H14N6O5. The van der Waals surface area contributed by atoms with E-state index in [0.717, 1.165) is 4.57 Å². The zero-order chi connectivity index (χ0) is 15.8. The third-order valence-corrected chi connectivity index (χ3v) is 3.44. The minimum atomic E-state index is -2.11. The van der Waals surface area contributed by atoms with Crippen LogP contribution in [0.2, 0.25) is 0 Å². The summed E-state index contributed by atoms with van der Waals surface area (Å²) in [4.78, 5) is 17.9. The van der Waals surface area contributed by atoms with E-state index < -0.39 is 36.0 Å². The first-order chi connectivity index (χ1) is 9.80. The van der Waals surface area contributed by atoms with Crippen LogP contribution in [0.4, 0.5) is 5.82 Å². The van der Waals surface area contributed by atoms with Gasteiger partial charge in [-0.1, -0.05) is 5.11 Å². The van der Waals surface area contributed by atoms with Crippen molar-refractivity contribution in [3.05, 3.63) is 33.2 Å². The van der Waals surface area contributed by atoms with Gasteiger partial charge in [-0.05, 0) is 18.5 Å². The van der Waals surface area contributed by atoms with Gasteiger partial charge in [-0.25, -0.2) is 4.79 Å². The molecule has 2 rings (SSSR count). The number of aromatic nitrogens is 2. The van der Waals surface area contributed by atoms with Crippen LogP contribution in [0.5, 0.6) is 0 Å². The molecule has 4 atom stereocenters. The van der Waals surface area contributed by atoms with Crippen LogP contribution >= 0.6 is 0 Å². The van der Waals surface area contributed by atoms with Gasteiger partial charge in [0.25, 0.3) is 0 Å². The largest absolute Gasteiger partial charge is 0.393 e. The Kier molecular flexibility index (Phi) is 3.61. The summed E-state index contributed by atoms with van der Waals surface area (Å²) < 4.78 is 6.26. The van der Waals surface area contributed by atoms with Crippen LogP contribution in [0.15, 0.2) is 22.2 Å². The van der Waals surface area contributed by atoms with Crippen molar-refractivity contribution in [2.45, 2.75) is 30.6 Å². The molecule has 11 nitrogen and oxygen atoms in total. The predicted molar refractivity (Wildman–Crippen MR) is 68.6 cm³/mol. The molecule has 0 aromatic carbocycles. The van der Waals surface area contributed by atoms with Crippen molar-refractivity contribution in [2.75, 3.05) is 12.3 Å². The average Bonchev–Trinajstić information content (AvgIpc) is 2.62. The molecule has 114 valence electrons. The van der Waals surface area contributed by atoms with E-state index in [4.69, 9.17) is 16.0 Å². The van der Waals surface area contributed by atoms with E-state index in [1.807, 2.05) is 0 Å². The molecule has 1 aliphatic rings. The van der Waals surface area contributed by atoms with Gasteiger partial charge >= 0.3 is 5.69 Å². The normalized spacial score (nSPS) is 35.4. The number of azide groups is 1. The lowest BCUT2D eigenvalue weighted by molar-refractivity contribution is -0.179. The fourth-order valence-electron chi connectivity index (χ4n) is 2.28. The van der Waals surface area contributed by atoms with Crippen LogP contribution < -0.4 is 11.4 Å². The van der Waals surface area contributed by atoms with Crippen LogP contribution in [-0.4, -0.2) is 49.4 Å². The lowest BCUT2D eigenvalue weighted by atomic mass is 10.0. The Labute approximate surface area is 117 Å². The number of hydrogen-bond acceptors (Lipinski definition) is 8. The minimum Gasteiger partial charge on any atom is -0.393 e. The van der Waals surface area contributed by atoms with Crippen molar-refractivity contribution in [2.24, 2.45) is 5.11 Å². The Bertz CT molecular complexity index is 658. The molecule has 11 heteroatoms. The first-order valence-electron chi connectivity index (χ1n) is 5.90. The number of aliphatic hydroxyl groups excluding tert-OH is 3. The SMILES string of the molecule is C[C@@]1(n2ccc(N)nc2=O)O[C@@](CO)(N=[N+]=[N-])C(O)C1O. The lowest BCUT2D eigenvalue weighted by Crippen LogP contribution is -2.48. The molecule has 1 aliphatic heterocycles. The van der Waals surface area contributed by atoms with Crippen molar-refractivity contribution >= 4 is 5.82 Å². The third-order valence-electron chi connectivity index (χ3n) is 3.44. The molecule has 21 heavy (non-hydrogen) atoms. The van der Waals surface area contributed by atoms with Crippen LogP contribution in [0.3, 0.4) is 0 Å². The summed E-state index contributed by atoms with van der Waals surface area (Å²) in [5, 5.41) is 32.7. The summed E-state index contributed by atoms with van der Waals surface area (Å²) in [5.41, 5.74) is 9.17. The molecule has 2 unspecified atom stereocenters. The molecule has 1 aromatic heterocycles. The standard InChI is InChI=1S/C10H14N6O5/c1-9(16-3-2-5(11)13-8(16)20)6(18)7(19)10(4-17,21-9)14-15-12/h2-3,6-7,17-19H,4H2,1H3,(H2,11,13,20)/t6?,7?,9-,10-/m1/s1. The highest BCUT2D eigenvalue weighted by Crippen LogP contribution is 2.41. The second kappa shape index (κ2) is 4.98. The second-order valence-electron chi connectivity index (χ2n) is 4.74. The van der Waals surface area contributed by atoms with E-state index in [1.54, 1.807) is 0 Å². The molecule has 0 aliphatic carbocycles. The van der Waals surface area contributed by atoms with Gasteiger partial charge in [0.2, 0.25) is 5.72 Å². The van der Waals surface area contributed by atoms with E-state index in [1.165, 1.54) is 19.2 Å². The van der Waals surface area contributed by atoms with Crippen molar-refractivity contribution in [3.8, 4) is 0 Å². The summed E-state index contributed by atoms with van der Waals surface area (Å²) in [6.45, 7) is 0.395. The van der Waals surface area contributed by atoms with E-state index >= 15 is 0 Å². The number of rotatable bonds is 3. The van der Waals surface area contributed by atoms with Crippen LogP contribution in [0, 0.1) is 0 Å². The summed E-state index contributed by atoms with van der Waals surface area (Å²) in [5.74, 6) is -0.0312. The maximum Gasteiger partial charge on any atom is 0.351 e. The van der Waals surface area contributed by atoms with Gasteiger partial charge in [-0.3, -0.25) is 4.57 Å². The molecule has 0 saturated carbocycles. The van der Waals surface area contributed by atoms with Gasteiger partial charge in [0.05, 0.1) is 6.61 Å². The smallest absolute Gasteiger partial charge is 0.351 e. The van der Waals surface area contributed by atoms with Crippen LogP contribution in [0.25, 0.3) is 10.4 Å². The summed E-state index contributed by atoms with van der Waals surface area (Å²) in [7, 11) is 0. The molecule has 1 fully saturated rings. The topological polar surface area (TPSA) is 180 Å². The van der Waals surface area contributed by atoms with Gasteiger partial charge in [-0.2, -0.15) is 4.98 Å². The molecule has 0 spiro atoms. The Morgan fingerprint density at radius 3 is 2.81 bits per heavy atom. The van der Waals surface area contributed by atoms with E-state index in [2.05, 4.69) is 15.0 Å². The maximum absolute atomic E-state index is 11.9. The zero-order valence-corrected chi connectivity index (χ0v) is 11.0. The summed E-state index contributed by atoms with van der Waals surface area (Å²) in [6.07, 6.45) is -2.18. The molecule has 1 saturated heterocycles. The molecule has 1 aromatic rings. The molecular weight excluding hydrogens is 284 g/mol. The number of anilines is 1. The molecule has 5 N–H and O–H groups in total. The highest BCUT2D eigenvalue weighted by atomic mass is 16.6. The molecule has 0 radical (unpaired) electrons. The monoisotopic (exact) mass is 298 g/mol. The Balaban J connectivity index is 2.58. The number of nitrogens with zero attached hydrogens (tertiary/aromatic N) is 5. The van der Waals surface area contributed by atoms with E-state index in [0.29, 0.717) is 0 Å². The third kappa shape index (κ3) is 2.13. The number of ether oxygens (including phenoxy) is 1. The number of hydrogen-bond donors (Lipinski definition) is 4. The van der Waals surface area contributed by atoms with Crippen molar-refractivity contribution < 1.29 is 20.1 Å². The molecule has 2 heterocycles. The van der Waals surface area contributed by atoms with Crippen LogP contribution in [0.1, 0.15) is 6.92 Å². The number of nitrogens with two attached hydrogens (primary N) is 1. The predicted octanol–water partition coefficient (Wildman–Crippen LogP) is -1.75. The first-order valence-corrected chi connectivity index (χ1v) is 5.90. The fraction of sp³-hybridized carbons (Fsp3) is 0.600. The number of nitrogen functional groups attached to an aromatic ring is 1. The Morgan fingerprint density at radius 2 is 2.29 bits per heavy atom. The highest BCUT2D eigenvalue weighted by molar-refractivity contribution is 5.24. The zero-order valence-electron chi connectivity index (χ0n) is 11.0. The van der Waals surface area contributed by atoms with Gasteiger partial charge in [0, 0.05) is 11.1 Å². The Hall–Kier alpha value is -2.17. The number of aliphatic hydroxyl groups is 3. The van der Waals surface area contributed by atoms with Gasteiger partial charge in [0.1, 0.15) is 18.0 Å². The maximum atomic E-state index is 11.9. The first kappa shape index (κ1) is 15.2. The highest BCUT2D eigenvalue weighted by Gasteiger charge is 2.61. The second-order valence-corrected chi connectivity index (χ2v) is 4.74. The van der Waals surface area contributed by atoms with E-state index in [9.17, 15) is 20.1 Å². The Morgan fingerprint density at radius 1 is 1.62 bits per heavy atom. The minimum absolute atomic E-state index is 0.0312. The molecule has 0 bridgehead atoms. The van der Waals surface area contributed by atoms with Gasteiger partial charge in [-0.15, -0.1) is 0 Å². The van der Waals surface area contributed by atoms with Crippen molar-refractivity contribution in [3.63, 3.8) is 0 Å². The van der Waals surface area contributed by atoms with Crippen LogP contribution in [-0.2, 0) is 10.5 Å². The fourth-order valence-corrected chi connectivity index (χ4v) is 2.28. The van der Waals surface area contributed by atoms with Gasteiger partial charge < -0.3 is 25.8 Å². The quantitative estimate of drug-likeness (QED) is 0.290. The van der Waals surface area contributed by atoms with Crippen molar-refractivity contribution in [1.29, 1.82) is 0 Å². The molecule has 0 amide bonds. The average molecular weight is 298 g/mol. The summed E-state index contributed by atoms with van der Waals surface area (Å²) in [6, 6.07) is 1.29. The lowest BCUT2D eigenvalue weighted by Gasteiger charge is -2.30. The van der Waals surface area contributed by atoms with Gasteiger partial charge in [0.15, 0.2) is 5.72 Å². The van der Waals surface area contributed by atoms with E-state index in [-0.39, 0.29) is 5.82 Å². The van der Waals surface area contributed by atoms with Crippen molar-refractivity contribution in [1.82, 2.24) is 9.55 Å².